The van der Waals surface area contributed by atoms with Gasteiger partial charge in [0.15, 0.2) is 5.70 Å². The fraction of sp³-hybridized carbons (Fsp3) is 0.600. The van der Waals surface area contributed by atoms with Crippen molar-refractivity contribution in [1.82, 2.24) is 9.80 Å². The minimum atomic E-state index is -1.02. The second-order valence-corrected chi connectivity index (χ2v) is 3.56. The van der Waals surface area contributed by atoms with Gasteiger partial charge in [-0.25, -0.2) is 9.79 Å². The van der Waals surface area contributed by atoms with Crippen LogP contribution in [0.1, 0.15) is 13.3 Å². The molecule has 0 aliphatic rings. The van der Waals surface area contributed by atoms with Crippen LogP contribution in [0.25, 0.3) is 0 Å². The average Bonchev–Trinajstić information content (AvgIpc) is 2.10. The molecule has 0 saturated heterocycles. The maximum atomic E-state index is 10.9. The zero-order valence-electron chi connectivity index (χ0n) is 9.98. The topological polar surface area (TPSA) is 56.1 Å². The highest BCUT2D eigenvalue weighted by atomic mass is 16.4. The van der Waals surface area contributed by atoms with Gasteiger partial charge in [-0.3, -0.25) is 0 Å². The number of carboxylic acids is 1. The summed E-state index contributed by atoms with van der Waals surface area (Å²) in [5, 5.41) is 8.93. The highest BCUT2D eigenvalue weighted by molar-refractivity contribution is 5.92. The predicted octanol–water partition coefficient (Wildman–Crippen LogP) is 0.844. The Morgan fingerprint density at radius 3 is 2.13 bits per heavy atom. The number of aliphatic carboxylic acids is 1. The van der Waals surface area contributed by atoms with Gasteiger partial charge < -0.3 is 14.9 Å². The van der Waals surface area contributed by atoms with Crippen LogP contribution in [-0.4, -0.2) is 54.9 Å². The monoisotopic (exact) mass is 213 g/mol. The third kappa shape index (κ3) is 5.05. The van der Waals surface area contributed by atoms with E-state index in [2.05, 4.69) is 4.99 Å². The van der Waals surface area contributed by atoms with Gasteiger partial charge in [-0.2, -0.15) is 0 Å². The van der Waals surface area contributed by atoms with Crippen LogP contribution in [0, 0.1) is 0 Å². The lowest BCUT2D eigenvalue weighted by Crippen LogP contribution is -2.22. The Morgan fingerprint density at radius 1 is 1.33 bits per heavy atom. The van der Waals surface area contributed by atoms with Crippen LogP contribution in [0.4, 0.5) is 0 Å². The number of hydrogen-bond acceptors (Lipinski definition) is 3. The molecule has 15 heavy (non-hydrogen) atoms. The van der Waals surface area contributed by atoms with E-state index in [1.807, 2.05) is 25.9 Å². The summed E-state index contributed by atoms with van der Waals surface area (Å²) < 4.78 is 0. The largest absolute Gasteiger partial charge is 0.476 e. The SMILES string of the molecule is CCC(=NC(=CN(C)C)C(=O)O)N(C)C. The van der Waals surface area contributed by atoms with Crippen molar-refractivity contribution in [2.75, 3.05) is 28.2 Å². The average molecular weight is 213 g/mol. The molecule has 0 aromatic carbocycles. The van der Waals surface area contributed by atoms with E-state index in [0.717, 1.165) is 5.84 Å². The van der Waals surface area contributed by atoms with E-state index in [0.29, 0.717) is 6.42 Å². The summed E-state index contributed by atoms with van der Waals surface area (Å²) in [6.45, 7) is 1.94. The van der Waals surface area contributed by atoms with Crippen LogP contribution in [0.5, 0.6) is 0 Å². The van der Waals surface area contributed by atoms with Crippen LogP contribution < -0.4 is 0 Å². The van der Waals surface area contributed by atoms with E-state index >= 15 is 0 Å². The summed E-state index contributed by atoms with van der Waals surface area (Å²) in [6, 6.07) is 0. The third-order valence-corrected chi connectivity index (χ3v) is 1.68. The van der Waals surface area contributed by atoms with Crippen LogP contribution >= 0.6 is 0 Å². The van der Waals surface area contributed by atoms with Crippen molar-refractivity contribution < 1.29 is 9.90 Å². The van der Waals surface area contributed by atoms with E-state index in [4.69, 9.17) is 5.11 Å². The number of amidine groups is 1. The van der Waals surface area contributed by atoms with Gasteiger partial charge in [0.25, 0.3) is 0 Å². The molecule has 0 rings (SSSR count). The molecule has 0 aliphatic heterocycles. The van der Waals surface area contributed by atoms with Crippen molar-refractivity contribution in [3.05, 3.63) is 11.9 Å². The second kappa shape index (κ2) is 6.06. The fourth-order valence-electron chi connectivity index (χ4n) is 1.01. The summed E-state index contributed by atoms with van der Waals surface area (Å²) in [7, 11) is 7.22. The molecule has 5 heteroatoms. The Hall–Kier alpha value is -1.52. The van der Waals surface area contributed by atoms with E-state index in [1.54, 1.807) is 19.0 Å². The molecule has 1 N–H and O–H groups in total. The zero-order valence-corrected chi connectivity index (χ0v) is 9.98. The van der Waals surface area contributed by atoms with Crippen molar-refractivity contribution in [2.24, 2.45) is 4.99 Å². The summed E-state index contributed by atoms with van der Waals surface area (Å²) in [6.07, 6.45) is 2.19. The lowest BCUT2D eigenvalue weighted by atomic mass is 10.4. The van der Waals surface area contributed by atoms with Gasteiger partial charge in [-0.15, -0.1) is 0 Å². The number of carbonyl (C=O) groups is 1. The highest BCUT2D eigenvalue weighted by Gasteiger charge is 2.08. The first-order valence-corrected chi connectivity index (χ1v) is 4.74. The lowest BCUT2D eigenvalue weighted by molar-refractivity contribution is -0.132. The van der Waals surface area contributed by atoms with Gasteiger partial charge >= 0.3 is 5.97 Å². The van der Waals surface area contributed by atoms with Gasteiger partial charge in [0.1, 0.15) is 5.84 Å². The van der Waals surface area contributed by atoms with E-state index in [1.165, 1.54) is 6.20 Å². The van der Waals surface area contributed by atoms with Gasteiger partial charge in [-0.1, -0.05) is 6.92 Å². The Kier molecular flexibility index (Phi) is 5.44. The van der Waals surface area contributed by atoms with Crippen molar-refractivity contribution in [1.29, 1.82) is 0 Å². The molecular formula is C10H19N3O2. The second-order valence-electron chi connectivity index (χ2n) is 3.56. The van der Waals surface area contributed by atoms with Gasteiger partial charge in [0.05, 0.1) is 0 Å². The summed E-state index contributed by atoms with van der Waals surface area (Å²) in [5.74, 6) is -0.276. The van der Waals surface area contributed by atoms with Crippen LogP contribution in [0.15, 0.2) is 16.9 Å². The Balaban J connectivity index is 5.03. The van der Waals surface area contributed by atoms with Crippen LogP contribution in [0.2, 0.25) is 0 Å². The fourth-order valence-corrected chi connectivity index (χ4v) is 1.01. The number of aliphatic imine (C=N–C) groups is 1. The molecule has 0 unspecified atom stereocenters. The first-order valence-electron chi connectivity index (χ1n) is 4.74. The molecule has 0 saturated carbocycles. The molecule has 0 aromatic rings. The normalized spacial score (nSPS) is 12.6. The number of hydrogen-bond donors (Lipinski definition) is 1. The van der Waals surface area contributed by atoms with Gasteiger partial charge in [0, 0.05) is 40.8 Å². The minimum Gasteiger partial charge on any atom is -0.476 e. The molecule has 86 valence electrons. The standard InChI is InChI=1S/C10H19N3O2/c1-6-9(13(4)5)11-8(10(14)15)7-12(2)3/h7H,6H2,1-5H3,(H,14,15). The van der Waals surface area contributed by atoms with Crippen molar-refractivity contribution in [2.45, 2.75) is 13.3 Å². The molecule has 0 fully saturated rings. The molecule has 0 aromatic heterocycles. The third-order valence-electron chi connectivity index (χ3n) is 1.68. The number of carboxylic acid groups (broad SMARTS) is 1. The molecule has 0 bridgehead atoms. The van der Waals surface area contributed by atoms with Crippen molar-refractivity contribution in [3.8, 4) is 0 Å². The number of rotatable bonds is 4. The predicted molar refractivity (Wildman–Crippen MR) is 60.8 cm³/mol. The molecule has 0 heterocycles. The van der Waals surface area contributed by atoms with Crippen LogP contribution in [-0.2, 0) is 4.79 Å². The molecule has 0 spiro atoms. The summed E-state index contributed by atoms with van der Waals surface area (Å²) >= 11 is 0. The minimum absolute atomic E-state index is 0.0468. The molecule has 0 aliphatic carbocycles. The highest BCUT2D eigenvalue weighted by Crippen LogP contribution is 2.02. The summed E-state index contributed by atoms with van der Waals surface area (Å²) in [4.78, 5) is 18.5. The Morgan fingerprint density at radius 2 is 1.87 bits per heavy atom. The quantitative estimate of drug-likeness (QED) is 0.427. The Bertz CT molecular complexity index is 280. The van der Waals surface area contributed by atoms with E-state index in [9.17, 15) is 4.79 Å². The smallest absolute Gasteiger partial charge is 0.356 e. The van der Waals surface area contributed by atoms with E-state index in [-0.39, 0.29) is 5.70 Å². The first kappa shape index (κ1) is 13.5. The van der Waals surface area contributed by atoms with E-state index < -0.39 is 5.97 Å². The van der Waals surface area contributed by atoms with Gasteiger partial charge in [0.2, 0.25) is 0 Å². The molecule has 5 nitrogen and oxygen atoms in total. The molecule has 0 atom stereocenters. The molecule has 0 radical (unpaired) electrons. The van der Waals surface area contributed by atoms with Crippen LogP contribution in [0.3, 0.4) is 0 Å². The maximum Gasteiger partial charge on any atom is 0.356 e. The van der Waals surface area contributed by atoms with Crippen molar-refractivity contribution in [3.63, 3.8) is 0 Å². The molecular weight excluding hydrogens is 194 g/mol. The summed E-state index contributed by atoms with van der Waals surface area (Å²) in [5.41, 5.74) is 0.0468. The van der Waals surface area contributed by atoms with Gasteiger partial charge in [-0.05, 0) is 0 Å². The zero-order chi connectivity index (χ0) is 12.0. The Labute approximate surface area is 90.7 Å². The lowest BCUT2D eigenvalue weighted by Gasteiger charge is -2.14. The number of nitrogens with zero attached hydrogens (tertiary/aromatic N) is 3. The van der Waals surface area contributed by atoms with Crippen molar-refractivity contribution >= 4 is 11.8 Å². The first-order chi connectivity index (χ1) is 6.88. The maximum absolute atomic E-state index is 10.9. The molecule has 0 amide bonds.